The van der Waals surface area contributed by atoms with Gasteiger partial charge in [-0.05, 0) is 26.2 Å². The quantitative estimate of drug-likeness (QED) is 0.816. The van der Waals surface area contributed by atoms with Gasteiger partial charge in [0.25, 0.3) is 0 Å². The second kappa shape index (κ2) is 5.85. The number of nitrogens with one attached hydrogen (secondary N) is 1. The Balaban J connectivity index is 1.95. The van der Waals surface area contributed by atoms with Crippen LogP contribution in [0.5, 0.6) is 0 Å². The lowest BCUT2D eigenvalue weighted by Gasteiger charge is -2.33. The van der Waals surface area contributed by atoms with Gasteiger partial charge in [-0.15, -0.1) is 0 Å². The van der Waals surface area contributed by atoms with Gasteiger partial charge >= 0.3 is 0 Å². The summed E-state index contributed by atoms with van der Waals surface area (Å²) in [5.41, 5.74) is 0. The van der Waals surface area contributed by atoms with Crippen molar-refractivity contribution >= 4 is 5.91 Å². The molecule has 0 aromatic rings. The number of hydrogen-bond donors (Lipinski definition) is 1. The van der Waals surface area contributed by atoms with Crippen molar-refractivity contribution in [3.63, 3.8) is 0 Å². The van der Waals surface area contributed by atoms with Crippen LogP contribution in [0.15, 0.2) is 0 Å². The minimum absolute atomic E-state index is 0.0897. The van der Waals surface area contributed by atoms with Gasteiger partial charge in [0.05, 0.1) is 12.2 Å². The average Bonchev–Trinajstić information content (AvgIpc) is 2.63. The molecule has 98 valence electrons. The second-order valence-electron chi connectivity index (χ2n) is 5.57. The number of carbonyl (C=O) groups excluding carboxylic acids is 1. The molecule has 1 aliphatic carbocycles. The standard InChI is InChI=1S/C14H26N2O/c1-3-4-10-13-14(17)16(11(2)15-13)12-8-6-5-7-9-12/h11-13,15H,3-10H2,1-2H3. The van der Waals surface area contributed by atoms with Gasteiger partial charge in [-0.3, -0.25) is 10.1 Å². The number of carbonyl (C=O) groups is 1. The van der Waals surface area contributed by atoms with Gasteiger partial charge in [0, 0.05) is 6.04 Å². The summed E-state index contributed by atoms with van der Waals surface area (Å²) < 4.78 is 0. The first-order valence-corrected chi connectivity index (χ1v) is 7.32. The van der Waals surface area contributed by atoms with E-state index < -0.39 is 0 Å². The fourth-order valence-electron chi connectivity index (χ4n) is 3.28. The first-order chi connectivity index (χ1) is 8.24. The van der Waals surface area contributed by atoms with Crippen molar-refractivity contribution in [2.45, 2.75) is 83.5 Å². The normalized spacial score (nSPS) is 31.2. The highest BCUT2D eigenvalue weighted by molar-refractivity contribution is 5.84. The zero-order valence-corrected chi connectivity index (χ0v) is 11.2. The predicted octanol–water partition coefficient (Wildman–Crippen LogP) is 2.66. The van der Waals surface area contributed by atoms with Gasteiger partial charge in [-0.1, -0.05) is 39.0 Å². The summed E-state index contributed by atoms with van der Waals surface area (Å²) in [6.45, 7) is 4.32. The number of unbranched alkanes of at least 4 members (excludes halogenated alkanes) is 1. The number of hydrogen-bond acceptors (Lipinski definition) is 2. The van der Waals surface area contributed by atoms with E-state index in [2.05, 4.69) is 24.1 Å². The smallest absolute Gasteiger partial charge is 0.241 e. The Labute approximate surface area is 105 Å². The Hall–Kier alpha value is -0.570. The van der Waals surface area contributed by atoms with Crippen molar-refractivity contribution < 1.29 is 4.79 Å². The maximum atomic E-state index is 12.4. The monoisotopic (exact) mass is 238 g/mol. The van der Waals surface area contributed by atoms with Crippen molar-refractivity contribution in [3.05, 3.63) is 0 Å². The Morgan fingerprint density at radius 3 is 2.65 bits per heavy atom. The van der Waals surface area contributed by atoms with Crippen molar-refractivity contribution in [2.24, 2.45) is 0 Å². The molecular weight excluding hydrogens is 212 g/mol. The molecule has 17 heavy (non-hydrogen) atoms. The van der Waals surface area contributed by atoms with Crippen molar-refractivity contribution in [3.8, 4) is 0 Å². The van der Waals surface area contributed by atoms with Gasteiger partial charge in [0.2, 0.25) is 5.91 Å². The molecule has 0 bridgehead atoms. The highest BCUT2D eigenvalue weighted by Gasteiger charge is 2.39. The molecule has 0 aromatic carbocycles. The topological polar surface area (TPSA) is 32.3 Å². The fraction of sp³-hybridized carbons (Fsp3) is 0.929. The number of amides is 1. The average molecular weight is 238 g/mol. The number of nitrogens with zero attached hydrogens (tertiary/aromatic N) is 1. The molecule has 1 saturated heterocycles. The van der Waals surface area contributed by atoms with E-state index in [0.29, 0.717) is 11.9 Å². The third-order valence-electron chi connectivity index (χ3n) is 4.23. The molecule has 2 atom stereocenters. The minimum atomic E-state index is 0.0897. The van der Waals surface area contributed by atoms with E-state index >= 15 is 0 Å². The first kappa shape index (κ1) is 12.9. The molecule has 2 aliphatic rings. The van der Waals surface area contributed by atoms with Crippen LogP contribution in [0, 0.1) is 0 Å². The minimum Gasteiger partial charge on any atom is -0.323 e. The van der Waals surface area contributed by atoms with E-state index in [0.717, 1.165) is 12.8 Å². The molecule has 1 N–H and O–H groups in total. The molecule has 1 heterocycles. The maximum Gasteiger partial charge on any atom is 0.241 e. The molecule has 0 radical (unpaired) electrons. The van der Waals surface area contributed by atoms with Gasteiger partial charge in [-0.2, -0.15) is 0 Å². The molecular formula is C14H26N2O. The van der Waals surface area contributed by atoms with E-state index in [9.17, 15) is 4.79 Å². The zero-order chi connectivity index (χ0) is 12.3. The maximum absolute atomic E-state index is 12.4. The summed E-state index contributed by atoms with van der Waals surface area (Å²) >= 11 is 0. The first-order valence-electron chi connectivity index (χ1n) is 7.32. The molecule has 1 saturated carbocycles. The summed E-state index contributed by atoms with van der Waals surface area (Å²) in [7, 11) is 0. The molecule has 2 fully saturated rings. The molecule has 2 unspecified atom stereocenters. The molecule has 3 nitrogen and oxygen atoms in total. The second-order valence-corrected chi connectivity index (χ2v) is 5.57. The summed E-state index contributed by atoms with van der Waals surface area (Å²) in [4.78, 5) is 14.5. The molecule has 0 aromatic heterocycles. The molecule has 1 aliphatic heterocycles. The van der Waals surface area contributed by atoms with Gasteiger partial charge in [0.15, 0.2) is 0 Å². The molecule has 0 spiro atoms. The zero-order valence-electron chi connectivity index (χ0n) is 11.2. The van der Waals surface area contributed by atoms with Crippen LogP contribution in [0.4, 0.5) is 0 Å². The van der Waals surface area contributed by atoms with Gasteiger partial charge < -0.3 is 4.90 Å². The lowest BCUT2D eigenvalue weighted by atomic mass is 9.94. The highest BCUT2D eigenvalue weighted by Crippen LogP contribution is 2.27. The van der Waals surface area contributed by atoms with E-state index in [1.54, 1.807) is 0 Å². The predicted molar refractivity (Wildman–Crippen MR) is 69.6 cm³/mol. The van der Waals surface area contributed by atoms with Crippen LogP contribution >= 0.6 is 0 Å². The van der Waals surface area contributed by atoms with E-state index in [1.807, 2.05) is 0 Å². The fourth-order valence-corrected chi connectivity index (χ4v) is 3.28. The van der Waals surface area contributed by atoms with E-state index in [1.165, 1.54) is 38.5 Å². The third-order valence-corrected chi connectivity index (χ3v) is 4.23. The summed E-state index contributed by atoms with van der Waals surface area (Å²) in [5.74, 6) is 0.359. The number of rotatable bonds is 4. The van der Waals surface area contributed by atoms with E-state index in [4.69, 9.17) is 0 Å². The summed E-state index contributed by atoms with van der Waals surface area (Å²) in [5, 5.41) is 3.46. The summed E-state index contributed by atoms with van der Waals surface area (Å²) in [6.07, 6.45) is 9.91. The lowest BCUT2D eigenvalue weighted by molar-refractivity contribution is -0.132. The molecule has 3 heteroatoms. The Kier molecular flexibility index (Phi) is 4.43. The van der Waals surface area contributed by atoms with Crippen LogP contribution in [0.2, 0.25) is 0 Å². The Morgan fingerprint density at radius 1 is 1.29 bits per heavy atom. The van der Waals surface area contributed by atoms with Gasteiger partial charge in [-0.25, -0.2) is 0 Å². The van der Waals surface area contributed by atoms with Crippen molar-refractivity contribution in [1.82, 2.24) is 10.2 Å². The summed E-state index contributed by atoms with van der Waals surface area (Å²) in [6, 6.07) is 0.595. The van der Waals surface area contributed by atoms with Crippen LogP contribution in [-0.4, -0.2) is 29.1 Å². The Bertz CT molecular complexity index is 261. The van der Waals surface area contributed by atoms with Crippen LogP contribution < -0.4 is 5.32 Å². The van der Waals surface area contributed by atoms with Crippen LogP contribution in [0.3, 0.4) is 0 Å². The van der Waals surface area contributed by atoms with Gasteiger partial charge in [0.1, 0.15) is 0 Å². The lowest BCUT2D eigenvalue weighted by Crippen LogP contribution is -2.44. The highest BCUT2D eigenvalue weighted by atomic mass is 16.2. The molecule has 1 amide bonds. The van der Waals surface area contributed by atoms with E-state index in [-0.39, 0.29) is 12.2 Å². The van der Waals surface area contributed by atoms with Crippen molar-refractivity contribution in [2.75, 3.05) is 0 Å². The third kappa shape index (κ3) is 2.82. The van der Waals surface area contributed by atoms with Crippen molar-refractivity contribution in [1.29, 1.82) is 0 Å². The Morgan fingerprint density at radius 2 is 2.00 bits per heavy atom. The van der Waals surface area contributed by atoms with Crippen LogP contribution in [0.25, 0.3) is 0 Å². The van der Waals surface area contributed by atoms with Crippen LogP contribution in [0.1, 0.15) is 65.2 Å². The molecule has 2 rings (SSSR count). The largest absolute Gasteiger partial charge is 0.323 e. The van der Waals surface area contributed by atoms with Crippen LogP contribution in [-0.2, 0) is 4.79 Å². The SMILES string of the molecule is CCCCC1NC(C)N(C2CCCCC2)C1=O.